The van der Waals surface area contributed by atoms with Gasteiger partial charge in [0, 0.05) is 18.8 Å². The minimum atomic E-state index is -4.16. The summed E-state index contributed by atoms with van der Waals surface area (Å²) in [6.07, 6.45) is 3.26. The summed E-state index contributed by atoms with van der Waals surface area (Å²) >= 11 is 0. The third kappa shape index (κ3) is 7.84. The van der Waals surface area contributed by atoms with Gasteiger partial charge in [0.05, 0.1) is 30.1 Å². The third-order valence-corrected chi connectivity index (χ3v) is 10.1. The molecule has 1 fully saturated rings. The van der Waals surface area contributed by atoms with E-state index in [0.29, 0.717) is 50.1 Å². The number of carbonyl (C=O) groups excluding carboxylic acids is 2. The zero-order chi connectivity index (χ0) is 31.9. The molecule has 236 valence electrons. The van der Waals surface area contributed by atoms with Gasteiger partial charge in [0.1, 0.15) is 11.6 Å². The number of hydrogen-bond acceptors (Lipinski definition) is 6. The summed E-state index contributed by atoms with van der Waals surface area (Å²) in [6.45, 7) is 6.20. The number of anilines is 1. The Kier molecular flexibility index (Phi) is 11.2. The Balaban J connectivity index is 1.62. The summed E-state index contributed by atoms with van der Waals surface area (Å²) in [5, 5.41) is 2.80. The van der Waals surface area contributed by atoms with Crippen LogP contribution < -0.4 is 10.1 Å². The molecule has 0 saturated heterocycles. The second-order valence-electron chi connectivity index (χ2n) is 11.2. The van der Waals surface area contributed by atoms with Gasteiger partial charge < -0.3 is 14.8 Å². The summed E-state index contributed by atoms with van der Waals surface area (Å²) in [5.74, 6) is -1.26. The van der Waals surface area contributed by atoms with E-state index in [0.717, 1.165) is 28.8 Å². The normalized spacial score (nSPS) is 16.9. The Labute approximate surface area is 259 Å². The minimum absolute atomic E-state index is 0.0189. The monoisotopic (exact) mass is 624 g/mol. The van der Waals surface area contributed by atoms with Crippen LogP contribution in [0.2, 0.25) is 0 Å². The quantitative estimate of drug-likeness (QED) is 0.230. The van der Waals surface area contributed by atoms with Crippen LogP contribution in [0.3, 0.4) is 0 Å². The predicted octanol–water partition coefficient (Wildman–Crippen LogP) is 6.52. The number of rotatable bonds is 12. The fourth-order valence-corrected chi connectivity index (χ4v) is 7.21. The molecule has 0 heterocycles. The van der Waals surface area contributed by atoms with Gasteiger partial charge in [-0.1, -0.05) is 37.3 Å². The number of aryl methyl sites for hydroxylation is 2. The van der Waals surface area contributed by atoms with E-state index in [2.05, 4.69) is 5.32 Å². The predicted molar refractivity (Wildman–Crippen MR) is 168 cm³/mol. The number of ether oxygens (including phenoxy) is 2. The van der Waals surface area contributed by atoms with Crippen molar-refractivity contribution in [1.29, 1.82) is 0 Å². The lowest BCUT2D eigenvalue weighted by molar-refractivity contribution is -0.149. The van der Waals surface area contributed by atoms with E-state index < -0.39 is 21.7 Å². The van der Waals surface area contributed by atoms with Crippen LogP contribution in [0.25, 0.3) is 0 Å². The van der Waals surface area contributed by atoms with Crippen LogP contribution in [0.5, 0.6) is 5.75 Å². The smallest absolute Gasteiger partial charge is 0.308 e. The summed E-state index contributed by atoms with van der Waals surface area (Å²) in [4.78, 5) is 25.4. The van der Waals surface area contributed by atoms with Gasteiger partial charge in [-0.2, -0.15) is 4.31 Å². The van der Waals surface area contributed by atoms with Crippen molar-refractivity contribution in [2.75, 3.05) is 25.6 Å². The fourth-order valence-electron chi connectivity index (χ4n) is 5.68. The number of amides is 1. The zero-order valence-electron chi connectivity index (χ0n) is 25.8. The van der Waals surface area contributed by atoms with Crippen LogP contribution in [0, 0.1) is 24.6 Å². The van der Waals surface area contributed by atoms with Gasteiger partial charge in [0.25, 0.3) is 5.91 Å². The average molecular weight is 625 g/mol. The second-order valence-corrected chi connectivity index (χ2v) is 13.1. The van der Waals surface area contributed by atoms with Crippen LogP contribution in [-0.4, -0.2) is 44.9 Å². The highest BCUT2D eigenvalue weighted by Crippen LogP contribution is 2.33. The lowest BCUT2D eigenvalue weighted by Crippen LogP contribution is -2.37. The van der Waals surface area contributed by atoms with Gasteiger partial charge in [-0.15, -0.1) is 0 Å². The third-order valence-electron chi connectivity index (χ3n) is 8.25. The number of benzene rings is 3. The highest BCUT2D eigenvalue weighted by molar-refractivity contribution is 7.89. The number of halogens is 1. The van der Waals surface area contributed by atoms with E-state index in [-0.39, 0.29) is 41.4 Å². The number of para-hydroxylation sites is 1. The Morgan fingerprint density at radius 2 is 1.70 bits per heavy atom. The first-order valence-electron chi connectivity index (χ1n) is 15.1. The van der Waals surface area contributed by atoms with Crippen molar-refractivity contribution < 1.29 is 31.9 Å². The first kappa shape index (κ1) is 33.1. The molecule has 1 aliphatic carbocycles. The molecular formula is C34H41FN2O6S. The first-order chi connectivity index (χ1) is 21.1. The summed E-state index contributed by atoms with van der Waals surface area (Å²) < 4.78 is 55.2. The molecule has 0 aromatic heterocycles. The number of methoxy groups -OCH3 is 1. The van der Waals surface area contributed by atoms with Crippen LogP contribution >= 0.6 is 0 Å². The Morgan fingerprint density at radius 3 is 2.34 bits per heavy atom. The molecule has 1 amide bonds. The minimum Gasteiger partial charge on any atom is -0.497 e. The largest absolute Gasteiger partial charge is 0.497 e. The van der Waals surface area contributed by atoms with Crippen LogP contribution in [0.15, 0.2) is 65.6 Å². The van der Waals surface area contributed by atoms with Crippen molar-refractivity contribution in [3.8, 4) is 5.75 Å². The molecule has 0 bridgehead atoms. The molecule has 10 heteroatoms. The maximum Gasteiger partial charge on any atom is 0.308 e. The van der Waals surface area contributed by atoms with Gasteiger partial charge in [0.2, 0.25) is 10.0 Å². The molecule has 0 unspecified atom stereocenters. The number of nitrogens with zero attached hydrogens (tertiary/aromatic N) is 1. The molecule has 0 aliphatic heterocycles. The fraction of sp³-hybridized carbons (Fsp3) is 0.412. The Hall–Kier alpha value is -3.76. The molecule has 3 aromatic rings. The Morgan fingerprint density at radius 1 is 1.00 bits per heavy atom. The van der Waals surface area contributed by atoms with Gasteiger partial charge in [-0.25, -0.2) is 12.8 Å². The van der Waals surface area contributed by atoms with E-state index in [1.165, 1.54) is 10.4 Å². The molecule has 0 radical (unpaired) electrons. The molecule has 3 aromatic carbocycles. The summed E-state index contributed by atoms with van der Waals surface area (Å²) in [5.41, 5.74) is 2.71. The number of carbonyl (C=O) groups is 2. The van der Waals surface area contributed by atoms with Gasteiger partial charge in [-0.3, -0.25) is 9.59 Å². The SMILES string of the molecule is CCOC(=O)C1CCC(CN(Cc2ccc(OC)cc2)S(=O)(=O)c2ccc(F)c(C(=O)Nc3c(C)cccc3CC)c2)CC1. The van der Waals surface area contributed by atoms with Crippen molar-refractivity contribution in [3.63, 3.8) is 0 Å². The van der Waals surface area contributed by atoms with E-state index in [1.54, 1.807) is 38.3 Å². The molecule has 1 saturated carbocycles. The van der Waals surface area contributed by atoms with E-state index in [1.807, 2.05) is 32.0 Å². The lowest BCUT2D eigenvalue weighted by Gasteiger charge is -2.31. The number of sulfonamides is 1. The van der Waals surface area contributed by atoms with Crippen molar-refractivity contribution >= 4 is 27.6 Å². The number of esters is 1. The Bertz CT molecular complexity index is 1570. The number of hydrogen-bond donors (Lipinski definition) is 1. The molecule has 44 heavy (non-hydrogen) atoms. The van der Waals surface area contributed by atoms with Crippen LogP contribution in [0.1, 0.15) is 66.6 Å². The lowest BCUT2D eigenvalue weighted by atomic mass is 9.82. The molecule has 0 atom stereocenters. The molecule has 1 aliphatic rings. The summed E-state index contributed by atoms with van der Waals surface area (Å²) in [7, 11) is -2.60. The van der Waals surface area contributed by atoms with E-state index >= 15 is 4.39 Å². The average Bonchev–Trinajstić information content (AvgIpc) is 3.02. The van der Waals surface area contributed by atoms with E-state index in [9.17, 15) is 18.0 Å². The first-order valence-corrected chi connectivity index (χ1v) is 16.5. The molecular weight excluding hydrogens is 583 g/mol. The topological polar surface area (TPSA) is 102 Å². The molecule has 4 rings (SSSR count). The van der Waals surface area contributed by atoms with Crippen molar-refractivity contribution in [2.24, 2.45) is 11.8 Å². The standard InChI is InChI=1S/C34H41FN2O6S/c1-5-26-9-7-8-23(3)32(26)36-33(38)30-20-29(18-19-31(30)35)44(40,41)37(22-25-12-16-28(42-4)17-13-25)21-24-10-14-27(15-11-24)34(39)43-6-2/h7-9,12-13,16-20,24,27H,5-6,10-11,14-15,21-22H2,1-4H3,(H,36,38). The van der Waals surface area contributed by atoms with E-state index in [4.69, 9.17) is 9.47 Å². The maximum absolute atomic E-state index is 15.0. The van der Waals surface area contributed by atoms with Crippen molar-refractivity contribution in [2.45, 2.75) is 64.3 Å². The number of nitrogens with one attached hydrogen (secondary N) is 1. The van der Waals surface area contributed by atoms with Crippen LogP contribution in [0.4, 0.5) is 10.1 Å². The van der Waals surface area contributed by atoms with Crippen LogP contribution in [-0.2, 0) is 32.5 Å². The zero-order valence-corrected chi connectivity index (χ0v) is 26.6. The molecule has 0 spiro atoms. The highest BCUT2D eigenvalue weighted by Gasteiger charge is 2.33. The molecule has 8 nitrogen and oxygen atoms in total. The van der Waals surface area contributed by atoms with Crippen molar-refractivity contribution in [3.05, 3.63) is 88.7 Å². The van der Waals surface area contributed by atoms with Gasteiger partial charge >= 0.3 is 5.97 Å². The van der Waals surface area contributed by atoms with Gasteiger partial charge in [-0.05, 0) is 98.9 Å². The maximum atomic E-state index is 15.0. The van der Waals surface area contributed by atoms with Gasteiger partial charge in [0.15, 0.2) is 0 Å². The van der Waals surface area contributed by atoms with Crippen molar-refractivity contribution in [1.82, 2.24) is 4.31 Å². The summed E-state index contributed by atoms with van der Waals surface area (Å²) in [6, 6.07) is 16.1. The second kappa shape index (κ2) is 14.8. The highest BCUT2D eigenvalue weighted by atomic mass is 32.2. The molecule has 1 N–H and O–H groups in total.